The first-order valence-corrected chi connectivity index (χ1v) is 7.37. The van der Waals surface area contributed by atoms with E-state index in [0.717, 1.165) is 30.6 Å². The number of nitrogens with one attached hydrogen (secondary N) is 2. The van der Waals surface area contributed by atoms with Crippen LogP contribution in [0.2, 0.25) is 5.02 Å². The van der Waals surface area contributed by atoms with E-state index in [1.165, 1.54) is 6.33 Å². The van der Waals surface area contributed by atoms with Crippen molar-refractivity contribution < 1.29 is 0 Å². The molecule has 0 bridgehead atoms. The minimum absolute atomic E-state index is 0.507. The first kappa shape index (κ1) is 15.4. The molecule has 0 atom stereocenters. The first-order chi connectivity index (χ1) is 10.1. The number of anilines is 4. The molecular weight excluding hydrogens is 286 g/mol. The Bertz CT molecular complexity index is 615. The molecule has 2 rings (SSSR count). The van der Waals surface area contributed by atoms with Gasteiger partial charge < -0.3 is 16.4 Å². The zero-order valence-corrected chi connectivity index (χ0v) is 13.0. The Kier molecular flexibility index (Phi) is 5.22. The number of benzene rings is 1. The van der Waals surface area contributed by atoms with Crippen molar-refractivity contribution in [3.8, 4) is 0 Å². The maximum Gasteiger partial charge on any atom is 0.159 e. The summed E-state index contributed by atoms with van der Waals surface area (Å²) in [6.45, 7) is 4.98. The van der Waals surface area contributed by atoms with Gasteiger partial charge in [-0.2, -0.15) is 0 Å². The van der Waals surface area contributed by atoms with Crippen LogP contribution in [0.3, 0.4) is 0 Å². The molecule has 0 aliphatic rings. The van der Waals surface area contributed by atoms with Crippen LogP contribution < -0.4 is 16.4 Å². The largest absolute Gasteiger partial charge is 0.393 e. The molecule has 2 aromatic rings. The van der Waals surface area contributed by atoms with Crippen molar-refractivity contribution in [1.82, 2.24) is 9.97 Å². The number of rotatable bonds is 6. The molecule has 1 aromatic carbocycles. The average Bonchev–Trinajstić information content (AvgIpc) is 2.47. The van der Waals surface area contributed by atoms with Crippen molar-refractivity contribution in [2.45, 2.75) is 26.7 Å². The van der Waals surface area contributed by atoms with Crippen molar-refractivity contribution in [2.24, 2.45) is 0 Å². The summed E-state index contributed by atoms with van der Waals surface area (Å²) in [6, 6.07) is 5.65. The van der Waals surface area contributed by atoms with Gasteiger partial charge in [0.15, 0.2) is 11.6 Å². The number of unbranched alkanes of at least 4 members (excludes halogenated alkanes) is 1. The molecule has 0 radical (unpaired) electrons. The van der Waals surface area contributed by atoms with Crippen molar-refractivity contribution in [1.29, 1.82) is 0 Å². The van der Waals surface area contributed by atoms with Gasteiger partial charge in [-0.1, -0.05) is 31.0 Å². The molecule has 5 nitrogen and oxygen atoms in total. The Balaban J connectivity index is 2.20. The lowest BCUT2D eigenvalue weighted by Gasteiger charge is -2.13. The van der Waals surface area contributed by atoms with Gasteiger partial charge in [-0.3, -0.25) is 0 Å². The molecule has 0 amide bonds. The van der Waals surface area contributed by atoms with Crippen LogP contribution in [0, 0.1) is 6.92 Å². The van der Waals surface area contributed by atoms with Gasteiger partial charge in [-0.05, 0) is 31.0 Å². The molecule has 1 heterocycles. The van der Waals surface area contributed by atoms with Crippen LogP contribution in [0.15, 0.2) is 24.5 Å². The number of nitrogen functional groups attached to an aromatic ring is 1. The molecule has 0 unspecified atom stereocenters. The quantitative estimate of drug-likeness (QED) is 0.704. The summed E-state index contributed by atoms with van der Waals surface area (Å²) < 4.78 is 0. The van der Waals surface area contributed by atoms with E-state index < -0.39 is 0 Å². The number of aryl methyl sites for hydroxylation is 1. The van der Waals surface area contributed by atoms with Gasteiger partial charge in [0.25, 0.3) is 0 Å². The zero-order chi connectivity index (χ0) is 15.2. The van der Waals surface area contributed by atoms with Gasteiger partial charge in [-0.15, -0.1) is 0 Å². The molecule has 112 valence electrons. The highest BCUT2D eigenvalue weighted by molar-refractivity contribution is 6.30. The summed E-state index contributed by atoms with van der Waals surface area (Å²) in [5, 5.41) is 7.10. The minimum atomic E-state index is 0.507. The fraction of sp³-hybridized carbons (Fsp3) is 0.333. The van der Waals surface area contributed by atoms with Crippen LogP contribution in [0.25, 0.3) is 0 Å². The van der Waals surface area contributed by atoms with Gasteiger partial charge in [0, 0.05) is 17.3 Å². The molecule has 0 fully saturated rings. The molecule has 0 spiro atoms. The van der Waals surface area contributed by atoms with Crippen molar-refractivity contribution in [3.05, 3.63) is 35.1 Å². The van der Waals surface area contributed by atoms with Gasteiger partial charge in [-0.25, -0.2) is 9.97 Å². The molecule has 0 aliphatic heterocycles. The SMILES string of the molecule is CCCCNc1ncnc(Nc2cc(Cl)ccc2C)c1N. The molecule has 0 aliphatic carbocycles. The smallest absolute Gasteiger partial charge is 0.159 e. The first-order valence-electron chi connectivity index (χ1n) is 6.99. The monoisotopic (exact) mass is 305 g/mol. The second-order valence-electron chi connectivity index (χ2n) is 4.85. The maximum atomic E-state index is 6.12. The lowest BCUT2D eigenvalue weighted by molar-refractivity contribution is 0.831. The summed E-state index contributed by atoms with van der Waals surface area (Å²) >= 11 is 6.02. The lowest BCUT2D eigenvalue weighted by atomic mass is 10.2. The highest BCUT2D eigenvalue weighted by atomic mass is 35.5. The van der Waals surface area contributed by atoms with E-state index in [9.17, 15) is 0 Å². The fourth-order valence-corrected chi connectivity index (χ4v) is 2.05. The van der Waals surface area contributed by atoms with Crippen molar-refractivity contribution in [3.63, 3.8) is 0 Å². The van der Waals surface area contributed by atoms with E-state index in [2.05, 4.69) is 27.5 Å². The van der Waals surface area contributed by atoms with E-state index in [-0.39, 0.29) is 0 Å². The van der Waals surface area contributed by atoms with E-state index in [0.29, 0.717) is 22.3 Å². The third-order valence-electron chi connectivity index (χ3n) is 3.16. The van der Waals surface area contributed by atoms with E-state index in [1.54, 1.807) is 0 Å². The number of halogens is 1. The average molecular weight is 306 g/mol. The highest BCUT2D eigenvalue weighted by Crippen LogP contribution is 2.28. The lowest BCUT2D eigenvalue weighted by Crippen LogP contribution is -2.09. The predicted molar refractivity (Wildman–Crippen MR) is 89.3 cm³/mol. The number of nitrogens with zero attached hydrogens (tertiary/aromatic N) is 2. The minimum Gasteiger partial charge on any atom is -0.393 e. The molecule has 21 heavy (non-hydrogen) atoms. The van der Waals surface area contributed by atoms with E-state index >= 15 is 0 Å². The van der Waals surface area contributed by atoms with Gasteiger partial charge in [0.2, 0.25) is 0 Å². The third kappa shape index (κ3) is 3.98. The number of hydrogen-bond donors (Lipinski definition) is 3. The number of nitrogens with two attached hydrogens (primary N) is 1. The zero-order valence-electron chi connectivity index (χ0n) is 12.3. The highest BCUT2D eigenvalue weighted by Gasteiger charge is 2.09. The normalized spacial score (nSPS) is 10.4. The molecule has 4 N–H and O–H groups in total. The van der Waals surface area contributed by atoms with Crippen molar-refractivity contribution >= 4 is 34.6 Å². The molecule has 0 saturated carbocycles. The van der Waals surface area contributed by atoms with Crippen LogP contribution >= 0.6 is 11.6 Å². The second-order valence-corrected chi connectivity index (χ2v) is 5.29. The Hall–Kier alpha value is -2.01. The molecule has 0 saturated heterocycles. The summed E-state index contributed by atoms with van der Waals surface area (Å²) in [7, 11) is 0. The third-order valence-corrected chi connectivity index (χ3v) is 3.39. The van der Waals surface area contributed by atoms with E-state index in [1.807, 2.05) is 25.1 Å². The van der Waals surface area contributed by atoms with Crippen LogP contribution in [0.4, 0.5) is 23.0 Å². The summed E-state index contributed by atoms with van der Waals surface area (Å²) in [5.41, 5.74) is 8.58. The van der Waals surface area contributed by atoms with Crippen molar-refractivity contribution in [2.75, 3.05) is 22.9 Å². The maximum absolute atomic E-state index is 6.12. The Morgan fingerprint density at radius 3 is 2.76 bits per heavy atom. The summed E-state index contributed by atoms with van der Waals surface area (Å²) in [5.74, 6) is 1.23. The summed E-state index contributed by atoms with van der Waals surface area (Å²) in [6.07, 6.45) is 3.68. The Labute approximate surface area is 129 Å². The van der Waals surface area contributed by atoms with Gasteiger partial charge in [0.05, 0.1) is 0 Å². The van der Waals surface area contributed by atoms with Gasteiger partial charge >= 0.3 is 0 Å². The molecule has 6 heteroatoms. The topological polar surface area (TPSA) is 75.9 Å². The predicted octanol–water partition coefficient (Wildman–Crippen LogP) is 3.98. The fourth-order valence-electron chi connectivity index (χ4n) is 1.88. The van der Waals surface area contributed by atoms with Crippen LogP contribution in [-0.4, -0.2) is 16.5 Å². The molecule has 1 aromatic heterocycles. The standard InChI is InChI=1S/C15H20ClN5/c1-3-4-7-18-14-13(17)15(20-9-19-14)21-12-8-11(16)6-5-10(12)2/h5-6,8-9H,3-4,7,17H2,1-2H3,(H2,18,19,20,21). The van der Waals surface area contributed by atoms with Gasteiger partial charge in [0.1, 0.15) is 12.0 Å². The number of aromatic nitrogens is 2. The molecular formula is C15H20ClN5. The Morgan fingerprint density at radius 2 is 2.00 bits per heavy atom. The van der Waals surface area contributed by atoms with Crippen LogP contribution in [0.5, 0.6) is 0 Å². The van der Waals surface area contributed by atoms with E-state index in [4.69, 9.17) is 17.3 Å². The van der Waals surface area contributed by atoms with Crippen LogP contribution in [0.1, 0.15) is 25.3 Å². The van der Waals surface area contributed by atoms with Crippen LogP contribution in [-0.2, 0) is 0 Å². The number of hydrogen-bond acceptors (Lipinski definition) is 5. The Morgan fingerprint density at radius 1 is 1.24 bits per heavy atom. The second kappa shape index (κ2) is 7.13. The summed E-state index contributed by atoms with van der Waals surface area (Å²) in [4.78, 5) is 8.38.